The minimum atomic E-state index is -0.873. The molecule has 0 amide bonds. The molecule has 0 unspecified atom stereocenters. The summed E-state index contributed by atoms with van der Waals surface area (Å²) < 4.78 is 0. The molecular weight excluding hydrogens is 588 g/mol. The Morgan fingerprint density at radius 1 is 0.641 bits per heavy atom. The molecule has 4 N–H and O–H groups in total. The summed E-state index contributed by atoms with van der Waals surface area (Å²) in [6, 6.07) is 12.1. The third kappa shape index (κ3) is 5.83. The number of aromatic nitrogens is 4. The van der Waals surface area contributed by atoms with Crippen molar-refractivity contribution in [2.45, 2.75) is 53.4 Å². The number of aryl methyl sites for hydroxylation is 2. The first-order valence-electron chi connectivity index (χ1n) is 12.6. The maximum absolute atomic E-state index is 11.4. The normalized spacial score (nSPS) is 13.0. The van der Waals surface area contributed by atoms with Crippen LogP contribution < -0.4 is 0 Å². The molecular formula is C30H30AgN4O4. The average molecular weight is 618 g/mol. The summed E-state index contributed by atoms with van der Waals surface area (Å²) in [6.07, 6.45) is 0.647. The van der Waals surface area contributed by atoms with Gasteiger partial charge in [-0.05, 0) is 110 Å². The fraction of sp³-hybridized carbons (Fsp3) is 0.267. The number of carboxylic acids is 2. The van der Waals surface area contributed by atoms with Gasteiger partial charge in [0.15, 0.2) is 0 Å². The summed E-state index contributed by atoms with van der Waals surface area (Å²) in [7, 11) is 0. The van der Waals surface area contributed by atoms with Gasteiger partial charge in [-0.2, -0.15) is 0 Å². The molecule has 2 aliphatic heterocycles. The van der Waals surface area contributed by atoms with E-state index in [0.717, 1.165) is 66.9 Å². The molecule has 0 atom stereocenters. The van der Waals surface area contributed by atoms with Crippen LogP contribution in [-0.2, 0) is 32.0 Å². The molecule has 0 saturated heterocycles. The van der Waals surface area contributed by atoms with E-state index in [0.29, 0.717) is 24.2 Å². The van der Waals surface area contributed by atoms with E-state index < -0.39 is 11.9 Å². The van der Waals surface area contributed by atoms with Gasteiger partial charge in [-0.15, -0.1) is 0 Å². The van der Waals surface area contributed by atoms with E-state index in [1.807, 2.05) is 39.0 Å². The van der Waals surface area contributed by atoms with Crippen LogP contribution in [0.3, 0.4) is 0 Å². The van der Waals surface area contributed by atoms with Gasteiger partial charge < -0.3 is 20.2 Å². The number of aromatic amines is 2. The van der Waals surface area contributed by atoms with Gasteiger partial charge in [-0.25, -0.2) is 9.97 Å². The largest absolute Gasteiger partial charge is 0.481 e. The Morgan fingerprint density at radius 3 is 1.56 bits per heavy atom. The van der Waals surface area contributed by atoms with Crippen molar-refractivity contribution in [3.63, 3.8) is 0 Å². The number of H-pyrrole nitrogens is 2. The zero-order chi connectivity index (χ0) is 27.1. The molecule has 1 radical (unpaired) electrons. The smallest absolute Gasteiger partial charge is 0.303 e. The summed E-state index contributed by atoms with van der Waals surface area (Å²) in [4.78, 5) is 39.6. The van der Waals surface area contributed by atoms with Gasteiger partial charge in [-0.3, -0.25) is 9.59 Å². The number of fused-ring (bicyclic) bond motifs is 8. The summed E-state index contributed by atoms with van der Waals surface area (Å²) in [6.45, 7) is 8.01. The van der Waals surface area contributed by atoms with Gasteiger partial charge >= 0.3 is 11.9 Å². The van der Waals surface area contributed by atoms with E-state index >= 15 is 0 Å². The van der Waals surface area contributed by atoms with Crippen LogP contribution in [0.15, 0.2) is 36.4 Å². The fourth-order valence-corrected chi connectivity index (χ4v) is 5.10. The van der Waals surface area contributed by atoms with E-state index in [2.05, 4.69) is 35.1 Å². The number of nitrogens with zero attached hydrogens (tertiary/aromatic N) is 2. The number of rotatable bonds is 6. The van der Waals surface area contributed by atoms with E-state index in [1.165, 1.54) is 0 Å². The molecule has 2 aliphatic rings. The summed E-state index contributed by atoms with van der Waals surface area (Å²) in [5, 5.41) is 18.7. The minimum absolute atomic E-state index is 0. The maximum Gasteiger partial charge on any atom is 0.303 e. The Labute approximate surface area is 241 Å². The number of hydrogen-bond donors (Lipinski definition) is 4. The number of allylic oxidation sites excluding steroid dienone is 4. The molecule has 8 nitrogen and oxygen atoms in total. The van der Waals surface area contributed by atoms with Crippen LogP contribution in [0.5, 0.6) is 0 Å². The number of nitrogens with one attached hydrogen (secondary N) is 2. The van der Waals surface area contributed by atoms with Crippen LogP contribution >= 0.6 is 0 Å². The van der Waals surface area contributed by atoms with Crippen LogP contribution in [0.1, 0.15) is 73.4 Å². The first-order chi connectivity index (χ1) is 18.1. The van der Waals surface area contributed by atoms with Crippen molar-refractivity contribution in [1.29, 1.82) is 0 Å². The maximum atomic E-state index is 11.4. The molecule has 9 heteroatoms. The van der Waals surface area contributed by atoms with Crippen LogP contribution in [0.25, 0.3) is 44.4 Å². The van der Waals surface area contributed by atoms with Crippen molar-refractivity contribution in [1.82, 2.24) is 19.9 Å². The molecule has 205 valence electrons. The predicted molar refractivity (Wildman–Crippen MR) is 149 cm³/mol. The van der Waals surface area contributed by atoms with Crippen molar-refractivity contribution in [2.75, 3.05) is 0 Å². The Balaban J connectivity index is 0.00000353. The molecule has 0 spiro atoms. The summed E-state index contributed by atoms with van der Waals surface area (Å²) >= 11 is 0. The van der Waals surface area contributed by atoms with E-state index in [4.69, 9.17) is 9.97 Å². The minimum Gasteiger partial charge on any atom is -0.481 e. The summed E-state index contributed by atoms with van der Waals surface area (Å²) in [5.41, 5.74) is 12.4. The first kappa shape index (κ1) is 28.3. The molecule has 3 aromatic rings. The molecule has 3 aromatic heterocycles. The molecule has 0 saturated carbocycles. The number of carbonyl (C=O) groups is 2. The first-order valence-corrected chi connectivity index (χ1v) is 12.6. The Bertz CT molecular complexity index is 1730. The van der Waals surface area contributed by atoms with Crippen molar-refractivity contribution in [3.05, 3.63) is 70.3 Å². The molecule has 0 fully saturated rings. The van der Waals surface area contributed by atoms with Gasteiger partial charge in [0, 0.05) is 57.3 Å². The zero-order valence-corrected chi connectivity index (χ0v) is 23.7. The van der Waals surface area contributed by atoms with Crippen molar-refractivity contribution >= 4 is 56.3 Å². The second-order valence-electron chi connectivity index (χ2n) is 9.98. The van der Waals surface area contributed by atoms with Crippen LogP contribution in [0, 0.1) is 13.8 Å². The third-order valence-corrected chi connectivity index (χ3v) is 7.25. The van der Waals surface area contributed by atoms with Gasteiger partial charge in [0.2, 0.25) is 0 Å². The number of hydrogen-bond acceptors (Lipinski definition) is 4. The number of aliphatic carboxylic acids is 2. The zero-order valence-electron chi connectivity index (χ0n) is 22.2. The molecule has 0 aromatic carbocycles. The fourth-order valence-electron chi connectivity index (χ4n) is 5.10. The molecule has 5 rings (SSSR count). The Morgan fingerprint density at radius 2 is 1.08 bits per heavy atom. The monoisotopic (exact) mass is 617 g/mol. The molecule has 5 heterocycles. The van der Waals surface area contributed by atoms with E-state index in [9.17, 15) is 19.8 Å². The molecule has 8 bridgehead atoms. The predicted octanol–water partition coefficient (Wildman–Crippen LogP) is 6.52. The SMILES string of the molecule is CC1=C(CCC(=O)O)c2cc3nc(cc4[nH]c(cc4C)cc4[nH]c(cc1n2)cc4C)C(C)=C3CCC(=O)O.[Ag]. The van der Waals surface area contributed by atoms with Crippen LogP contribution in [0.4, 0.5) is 0 Å². The van der Waals surface area contributed by atoms with Gasteiger partial charge in [0.05, 0.1) is 22.8 Å². The molecule has 39 heavy (non-hydrogen) atoms. The second kappa shape index (κ2) is 11.2. The Kier molecular flexibility index (Phi) is 8.11. The van der Waals surface area contributed by atoms with E-state index in [1.54, 1.807) is 0 Å². The standard InChI is InChI=1S/C30H30N4O4.Ag/c1-15-9-20-12-25-17(3)21(5-7-29(35)36)27(33-25)14-28-22(6-8-30(37)38)18(4)26(34-28)13-24-16(2)10-19(32-24)11-23(15)31-20;/h9-14,31-32H,5-8H2,1-4H3,(H,35,36)(H,37,38);. The van der Waals surface area contributed by atoms with E-state index in [-0.39, 0.29) is 35.2 Å². The number of carboxylic acid groups (broad SMARTS) is 2. The van der Waals surface area contributed by atoms with Crippen molar-refractivity contribution < 1.29 is 42.2 Å². The molecule has 0 aliphatic carbocycles. The van der Waals surface area contributed by atoms with Crippen LogP contribution in [-0.4, -0.2) is 42.1 Å². The van der Waals surface area contributed by atoms with Gasteiger partial charge in [0.25, 0.3) is 0 Å². The topological polar surface area (TPSA) is 132 Å². The van der Waals surface area contributed by atoms with Gasteiger partial charge in [0.1, 0.15) is 0 Å². The van der Waals surface area contributed by atoms with Gasteiger partial charge in [-0.1, -0.05) is 0 Å². The van der Waals surface area contributed by atoms with Crippen molar-refractivity contribution in [3.8, 4) is 0 Å². The van der Waals surface area contributed by atoms with Crippen LogP contribution in [0.2, 0.25) is 0 Å². The second-order valence-corrected chi connectivity index (χ2v) is 9.98. The van der Waals surface area contributed by atoms with Crippen molar-refractivity contribution in [2.24, 2.45) is 0 Å². The summed E-state index contributed by atoms with van der Waals surface area (Å²) in [5.74, 6) is -1.75. The quantitative estimate of drug-likeness (QED) is 0.233. The third-order valence-electron chi connectivity index (χ3n) is 7.25. The Hall–Kier alpha value is -3.72. The average Bonchev–Trinajstić information content (AvgIpc) is 3.53.